The number of amides is 1. The maximum atomic E-state index is 12.4. The lowest BCUT2D eigenvalue weighted by Gasteiger charge is -2.08. The summed E-state index contributed by atoms with van der Waals surface area (Å²) in [5.41, 5.74) is 1.48. The zero-order valence-electron chi connectivity index (χ0n) is 13.2. The van der Waals surface area contributed by atoms with E-state index in [1.54, 1.807) is 29.9 Å². The lowest BCUT2D eigenvalue weighted by molar-refractivity contribution is -0.0498. The Kier molecular flexibility index (Phi) is 4.69. The van der Waals surface area contributed by atoms with Crippen LogP contribution in [0, 0.1) is 6.92 Å². The quantitative estimate of drug-likeness (QED) is 0.770. The molecule has 6 nitrogen and oxygen atoms in total. The summed E-state index contributed by atoms with van der Waals surface area (Å²) in [5, 5.41) is 6.87. The first kappa shape index (κ1) is 16.6. The molecule has 8 heteroatoms. The predicted octanol–water partition coefficient (Wildman–Crippen LogP) is 3.43. The van der Waals surface area contributed by atoms with Crippen LogP contribution in [0.1, 0.15) is 16.1 Å². The number of nitrogens with one attached hydrogen (secondary N) is 1. The molecule has 1 amide bonds. The van der Waals surface area contributed by atoms with Gasteiger partial charge >= 0.3 is 6.61 Å². The predicted molar refractivity (Wildman–Crippen MR) is 87.1 cm³/mol. The number of alkyl halides is 2. The summed E-state index contributed by atoms with van der Waals surface area (Å²) in [6.07, 6.45) is 3.09. The van der Waals surface area contributed by atoms with E-state index in [-0.39, 0.29) is 11.7 Å². The summed E-state index contributed by atoms with van der Waals surface area (Å²) >= 11 is 0. The van der Waals surface area contributed by atoms with Crippen molar-refractivity contribution in [3.8, 4) is 11.6 Å². The molecule has 0 aliphatic heterocycles. The number of anilines is 1. The Labute approximate surface area is 142 Å². The minimum absolute atomic E-state index is 0.0205. The highest BCUT2D eigenvalue weighted by Crippen LogP contribution is 2.19. The number of pyridine rings is 1. The van der Waals surface area contributed by atoms with Gasteiger partial charge < -0.3 is 10.1 Å². The average molecular weight is 344 g/mol. The van der Waals surface area contributed by atoms with Crippen LogP contribution in [0.2, 0.25) is 0 Å². The molecule has 0 saturated carbocycles. The fraction of sp³-hybridized carbons (Fsp3) is 0.118. The highest BCUT2D eigenvalue weighted by molar-refractivity contribution is 6.05. The second kappa shape index (κ2) is 7.08. The third-order valence-corrected chi connectivity index (χ3v) is 3.46. The molecular formula is C17H14F2N4O2. The Morgan fingerprint density at radius 1 is 1.20 bits per heavy atom. The summed E-state index contributed by atoms with van der Waals surface area (Å²) < 4.78 is 30.1. The third kappa shape index (κ3) is 3.79. The Hall–Kier alpha value is -3.29. The molecule has 0 fully saturated rings. The van der Waals surface area contributed by atoms with E-state index in [9.17, 15) is 13.6 Å². The van der Waals surface area contributed by atoms with Gasteiger partial charge in [-0.1, -0.05) is 6.07 Å². The van der Waals surface area contributed by atoms with Crippen molar-refractivity contribution in [2.75, 3.05) is 5.32 Å². The fourth-order valence-corrected chi connectivity index (χ4v) is 2.26. The number of nitrogens with zero attached hydrogens (tertiary/aromatic N) is 3. The second-order valence-electron chi connectivity index (χ2n) is 5.10. The van der Waals surface area contributed by atoms with E-state index in [4.69, 9.17) is 0 Å². The molecule has 0 aliphatic rings. The summed E-state index contributed by atoms with van der Waals surface area (Å²) in [5.74, 6) is 0.266. The smallest absolute Gasteiger partial charge is 0.387 e. The molecule has 3 aromatic rings. The maximum absolute atomic E-state index is 12.4. The van der Waals surface area contributed by atoms with Gasteiger partial charge in [0, 0.05) is 11.9 Å². The van der Waals surface area contributed by atoms with Crippen molar-refractivity contribution in [2.45, 2.75) is 13.5 Å². The SMILES string of the molecule is Cc1c(C(=O)Nc2ccc(OC(F)F)cc2)cnn1-c1ccccn1. The number of carbonyl (C=O) groups is 1. The van der Waals surface area contributed by atoms with Crippen LogP contribution in [0.3, 0.4) is 0 Å². The number of aromatic nitrogens is 3. The average Bonchev–Trinajstić information content (AvgIpc) is 2.98. The fourth-order valence-electron chi connectivity index (χ4n) is 2.26. The van der Waals surface area contributed by atoms with Crippen molar-refractivity contribution in [3.05, 3.63) is 66.1 Å². The number of carbonyl (C=O) groups excluding carboxylic acids is 1. The number of hydrogen-bond donors (Lipinski definition) is 1. The minimum Gasteiger partial charge on any atom is -0.435 e. The van der Waals surface area contributed by atoms with Crippen LogP contribution >= 0.6 is 0 Å². The highest BCUT2D eigenvalue weighted by Gasteiger charge is 2.16. The van der Waals surface area contributed by atoms with E-state index < -0.39 is 6.61 Å². The molecule has 1 aromatic carbocycles. The lowest BCUT2D eigenvalue weighted by Crippen LogP contribution is -2.13. The molecule has 3 rings (SSSR count). The summed E-state index contributed by atoms with van der Waals surface area (Å²) in [6.45, 7) is -1.13. The van der Waals surface area contributed by atoms with Gasteiger partial charge in [-0.3, -0.25) is 4.79 Å². The molecule has 1 N–H and O–H groups in total. The Morgan fingerprint density at radius 3 is 2.60 bits per heavy atom. The number of ether oxygens (including phenoxy) is 1. The largest absolute Gasteiger partial charge is 0.435 e. The molecule has 0 atom stereocenters. The minimum atomic E-state index is -2.89. The van der Waals surface area contributed by atoms with Crippen LogP contribution in [0.15, 0.2) is 54.9 Å². The van der Waals surface area contributed by atoms with Gasteiger partial charge in [0.1, 0.15) is 5.75 Å². The molecule has 2 aromatic heterocycles. The number of rotatable bonds is 5. The molecule has 2 heterocycles. The van der Waals surface area contributed by atoms with Gasteiger partial charge in [-0.05, 0) is 43.3 Å². The first-order chi connectivity index (χ1) is 12.0. The van der Waals surface area contributed by atoms with Gasteiger partial charge in [-0.25, -0.2) is 9.67 Å². The van der Waals surface area contributed by atoms with Gasteiger partial charge in [0.2, 0.25) is 0 Å². The normalized spacial score (nSPS) is 10.7. The van der Waals surface area contributed by atoms with Crippen LogP contribution < -0.4 is 10.1 Å². The zero-order valence-corrected chi connectivity index (χ0v) is 13.2. The number of benzene rings is 1. The summed E-state index contributed by atoms with van der Waals surface area (Å²) in [6, 6.07) is 11.1. The van der Waals surface area contributed by atoms with Crippen molar-refractivity contribution in [3.63, 3.8) is 0 Å². The van der Waals surface area contributed by atoms with E-state index >= 15 is 0 Å². The molecule has 128 valence electrons. The molecular weight excluding hydrogens is 330 g/mol. The van der Waals surface area contributed by atoms with Gasteiger partial charge in [0.15, 0.2) is 5.82 Å². The molecule has 0 unspecified atom stereocenters. The van der Waals surface area contributed by atoms with Crippen LogP contribution in [0.4, 0.5) is 14.5 Å². The topological polar surface area (TPSA) is 69.0 Å². The zero-order chi connectivity index (χ0) is 17.8. The maximum Gasteiger partial charge on any atom is 0.387 e. The highest BCUT2D eigenvalue weighted by atomic mass is 19.3. The molecule has 0 bridgehead atoms. The molecule has 0 aliphatic carbocycles. The van der Waals surface area contributed by atoms with E-state index in [1.807, 2.05) is 6.07 Å². The third-order valence-electron chi connectivity index (χ3n) is 3.46. The summed E-state index contributed by atoms with van der Waals surface area (Å²) in [4.78, 5) is 16.6. The lowest BCUT2D eigenvalue weighted by atomic mass is 10.2. The van der Waals surface area contributed by atoms with E-state index in [2.05, 4.69) is 20.1 Å². The van der Waals surface area contributed by atoms with Crippen LogP contribution in [0.25, 0.3) is 5.82 Å². The molecule has 0 spiro atoms. The van der Waals surface area contributed by atoms with Gasteiger partial charge in [-0.2, -0.15) is 13.9 Å². The standard InChI is InChI=1S/C17H14F2N4O2/c1-11-14(10-21-23(11)15-4-2-3-9-20-15)16(24)22-12-5-7-13(8-6-12)25-17(18)19/h2-10,17H,1H3,(H,22,24). The van der Waals surface area contributed by atoms with Crippen molar-refractivity contribution < 1.29 is 18.3 Å². The van der Waals surface area contributed by atoms with Gasteiger partial charge in [0.25, 0.3) is 5.91 Å². The number of hydrogen-bond acceptors (Lipinski definition) is 4. The van der Waals surface area contributed by atoms with E-state index in [0.717, 1.165) is 0 Å². The van der Waals surface area contributed by atoms with Gasteiger partial charge in [-0.15, -0.1) is 0 Å². The van der Waals surface area contributed by atoms with Crippen LogP contribution in [-0.2, 0) is 0 Å². The van der Waals surface area contributed by atoms with Crippen molar-refractivity contribution in [1.82, 2.24) is 14.8 Å². The monoisotopic (exact) mass is 344 g/mol. The van der Waals surface area contributed by atoms with Crippen molar-refractivity contribution in [2.24, 2.45) is 0 Å². The van der Waals surface area contributed by atoms with Gasteiger partial charge in [0.05, 0.1) is 17.5 Å². The van der Waals surface area contributed by atoms with Crippen molar-refractivity contribution in [1.29, 1.82) is 0 Å². The van der Waals surface area contributed by atoms with E-state index in [0.29, 0.717) is 22.8 Å². The molecule has 0 radical (unpaired) electrons. The Balaban J connectivity index is 1.75. The second-order valence-corrected chi connectivity index (χ2v) is 5.10. The van der Waals surface area contributed by atoms with Crippen molar-refractivity contribution >= 4 is 11.6 Å². The number of halogens is 2. The molecule has 0 saturated heterocycles. The Bertz CT molecular complexity index is 864. The first-order valence-electron chi connectivity index (χ1n) is 7.37. The van der Waals surface area contributed by atoms with Crippen LogP contribution in [-0.4, -0.2) is 27.3 Å². The van der Waals surface area contributed by atoms with E-state index in [1.165, 1.54) is 30.5 Å². The summed E-state index contributed by atoms with van der Waals surface area (Å²) in [7, 11) is 0. The van der Waals surface area contributed by atoms with Crippen LogP contribution in [0.5, 0.6) is 5.75 Å². The molecule has 25 heavy (non-hydrogen) atoms. The first-order valence-corrected chi connectivity index (χ1v) is 7.37. The Morgan fingerprint density at radius 2 is 1.96 bits per heavy atom.